The molecule has 0 radical (unpaired) electrons. The van der Waals surface area contributed by atoms with Gasteiger partial charge < -0.3 is 11.2 Å². The molecule has 2 rings (SSSR count). The summed E-state index contributed by atoms with van der Waals surface area (Å²) in [5.74, 6) is 1.13. The lowest BCUT2D eigenvalue weighted by molar-refractivity contribution is 0.135. The van der Waals surface area contributed by atoms with E-state index in [9.17, 15) is 0 Å². The van der Waals surface area contributed by atoms with Crippen LogP contribution in [0.2, 0.25) is 0 Å². The molecular formula is C12H21N5. The molecule has 1 saturated heterocycles. The van der Waals surface area contributed by atoms with Crippen molar-refractivity contribution in [1.29, 1.82) is 0 Å². The van der Waals surface area contributed by atoms with Gasteiger partial charge in [-0.05, 0) is 33.6 Å². The van der Waals surface area contributed by atoms with Gasteiger partial charge in [0.15, 0.2) is 0 Å². The average molecular weight is 235 g/mol. The minimum absolute atomic E-state index is 0.315. The standard InChI is InChI=1S/C12H21N5/c1-8-7-14-12(13)15-11(8)16-17-9(2)5-4-6-10(17)3/h7,9-10H,4-6H2,1-3H3,(H3,13,14,15,16). The zero-order chi connectivity index (χ0) is 12.4. The molecule has 1 aromatic heterocycles. The molecule has 3 N–H and O–H groups in total. The number of anilines is 2. The van der Waals surface area contributed by atoms with Crippen LogP contribution in [0.5, 0.6) is 0 Å². The number of nitrogens with two attached hydrogens (primary N) is 1. The second-order valence-corrected chi connectivity index (χ2v) is 4.91. The van der Waals surface area contributed by atoms with Crippen LogP contribution in [0.15, 0.2) is 6.20 Å². The third-order valence-corrected chi connectivity index (χ3v) is 3.42. The molecule has 1 aliphatic heterocycles. The summed E-state index contributed by atoms with van der Waals surface area (Å²) in [6.45, 7) is 6.46. The Bertz CT molecular complexity index is 382. The molecule has 5 heteroatoms. The Morgan fingerprint density at radius 3 is 2.65 bits per heavy atom. The summed E-state index contributed by atoms with van der Waals surface area (Å²) >= 11 is 0. The lowest BCUT2D eigenvalue weighted by Crippen LogP contribution is -2.47. The van der Waals surface area contributed by atoms with Crippen LogP contribution in [0.25, 0.3) is 0 Å². The van der Waals surface area contributed by atoms with Crippen molar-refractivity contribution in [3.63, 3.8) is 0 Å². The molecule has 1 fully saturated rings. The van der Waals surface area contributed by atoms with Crippen molar-refractivity contribution in [3.8, 4) is 0 Å². The summed E-state index contributed by atoms with van der Waals surface area (Å²) in [5, 5.41) is 2.28. The molecule has 17 heavy (non-hydrogen) atoms. The van der Waals surface area contributed by atoms with Crippen molar-refractivity contribution in [1.82, 2.24) is 15.0 Å². The van der Waals surface area contributed by atoms with Crippen LogP contribution >= 0.6 is 0 Å². The number of nitrogens with zero attached hydrogens (tertiary/aromatic N) is 3. The maximum Gasteiger partial charge on any atom is 0.221 e. The number of hydrazine groups is 1. The summed E-state index contributed by atoms with van der Waals surface area (Å²) in [4.78, 5) is 8.23. The van der Waals surface area contributed by atoms with E-state index in [4.69, 9.17) is 5.73 Å². The van der Waals surface area contributed by atoms with E-state index in [0.717, 1.165) is 11.4 Å². The molecule has 0 amide bonds. The Hall–Kier alpha value is -1.36. The summed E-state index contributed by atoms with van der Waals surface area (Å²) < 4.78 is 0. The molecule has 2 heterocycles. The first-order chi connectivity index (χ1) is 8.08. The largest absolute Gasteiger partial charge is 0.368 e. The van der Waals surface area contributed by atoms with Gasteiger partial charge in [-0.1, -0.05) is 6.42 Å². The predicted molar refractivity (Wildman–Crippen MR) is 69.4 cm³/mol. The van der Waals surface area contributed by atoms with Crippen LogP contribution in [0.3, 0.4) is 0 Å². The number of rotatable bonds is 2. The topological polar surface area (TPSA) is 67.1 Å². The van der Waals surface area contributed by atoms with Gasteiger partial charge in [0.2, 0.25) is 5.95 Å². The van der Waals surface area contributed by atoms with Crippen molar-refractivity contribution >= 4 is 11.8 Å². The highest BCUT2D eigenvalue weighted by molar-refractivity contribution is 5.44. The summed E-state index contributed by atoms with van der Waals surface area (Å²) in [5.41, 5.74) is 10.0. The fraction of sp³-hybridized carbons (Fsp3) is 0.667. The number of hydrogen-bond donors (Lipinski definition) is 2. The first-order valence-electron chi connectivity index (χ1n) is 6.22. The van der Waals surface area contributed by atoms with E-state index in [0.29, 0.717) is 18.0 Å². The van der Waals surface area contributed by atoms with E-state index < -0.39 is 0 Å². The third-order valence-electron chi connectivity index (χ3n) is 3.42. The molecule has 1 aromatic rings. The third kappa shape index (κ3) is 2.66. The molecule has 5 nitrogen and oxygen atoms in total. The highest BCUT2D eigenvalue weighted by Gasteiger charge is 2.25. The fourth-order valence-electron chi connectivity index (χ4n) is 2.33. The lowest BCUT2D eigenvalue weighted by atomic mass is 10.00. The van der Waals surface area contributed by atoms with Crippen LogP contribution < -0.4 is 11.2 Å². The quantitative estimate of drug-likeness (QED) is 0.820. The summed E-state index contributed by atoms with van der Waals surface area (Å²) in [6, 6.07) is 1.05. The van der Waals surface area contributed by atoms with Gasteiger partial charge in [-0.2, -0.15) is 4.98 Å². The van der Waals surface area contributed by atoms with Gasteiger partial charge >= 0.3 is 0 Å². The predicted octanol–water partition coefficient (Wildman–Crippen LogP) is 1.96. The van der Waals surface area contributed by atoms with Gasteiger partial charge in [-0.15, -0.1) is 0 Å². The van der Waals surface area contributed by atoms with E-state index in [2.05, 4.69) is 34.3 Å². The lowest BCUT2D eigenvalue weighted by Gasteiger charge is -2.39. The van der Waals surface area contributed by atoms with E-state index in [-0.39, 0.29) is 0 Å². The van der Waals surface area contributed by atoms with Gasteiger partial charge in [0.25, 0.3) is 0 Å². The maximum absolute atomic E-state index is 5.62. The van der Waals surface area contributed by atoms with Crippen LogP contribution in [-0.4, -0.2) is 27.1 Å². The fourth-order valence-corrected chi connectivity index (χ4v) is 2.33. The SMILES string of the molecule is Cc1cnc(N)nc1NN1C(C)CCCC1C. The number of aryl methyl sites for hydroxylation is 1. The maximum atomic E-state index is 5.62. The molecule has 0 bridgehead atoms. The van der Waals surface area contributed by atoms with E-state index in [1.165, 1.54) is 19.3 Å². The van der Waals surface area contributed by atoms with Crippen molar-refractivity contribution in [3.05, 3.63) is 11.8 Å². The highest BCUT2D eigenvalue weighted by Crippen LogP contribution is 2.23. The van der Waals surface area contributed by atoms with Gasteiger partial charge in [0, 0.05) is 23.8 Å². The average Bonchev–Trinajstić information content (AvgIpc) is 2.28. The number of hydrogen-bond acceptors (Lipinski definition) is 5. The van der Waals surface area contributed by atoms with E-state index >= 15 is 0 Å². The Morgan fingerprint density at radius 2 is 2.00 bits per heavy atom. The van der Waals surface area contributed by atoms with E-state index in [1.807, 2.05) is 6.92 Å². The second-order valence-electron chi connectivity index (χ2n) is 4.91. The zero-order valence-corrected chi connectivity index (χ0v) is 10.8. The van der Waals surface area contributed by atoms with Crippen LogP contribution in [0.1, 0.15) is 38.7 Å². The summed E-state index contributed by atoms with van der Waals surface area (Å²) in [6.07, 6.45) is 5.49. The number of aromatic nitrogens is 2. The van der Waals surface area contributed by atoms with Crippen molar-refractivity contribution in [2.24, 2.45) is 0 Å². The molecule has 0 spiro atoms. The normalized spacial score (nSPS) is 25.8. The molecule has 0 aliphatic carbocycles. The van der Waals surface area contributed by atoms with Gasteiger partial charge in [-0.25, -0.2) is 9.99 Å². The number of nitrogen functional groups attached to an aromatic ring is 1. The van der Waals surface area contributed by atoms with Gasteiger partial charge in [0.05, 0.1) is 0 Å². The van der Waals surface area contributed by atoms with Crippen LogP contribution in [0, 0.1) is 6.92 Å². The smallest absolute Gasteiger partial charge is 0.221 e. The summed E-state index contributed by atoms with van der Waals surface area (Å²) in [7, 11) is 0. The van der Waals surface area contributed by atoms with E-state index in [1.54, 1.807) is 6.20 Å². The Balaban J connectivity index is 2.16. The Labute approximate surface area is 102 Å². The van der Waals surface area contributed by atoms with Crippen molar-refractivity contribution in [2.75, 3.05) is 11.2 Å². The minimum atomic E-state index is 0.315. The molecular weight excluding hydrogens is 214 g/mol. The molecule has 2 unspecified atom stereocenters. The highest BCUT2D eigenvalue weighted by atomic mass is 15.5. The number of nitrogens with one attached hydrogen (secondary N) is 1. The molecule has 2 atom stereocenters. The second kappa shape index (κ2) is 4.87. The zero-order valence-electron chi connectivity index (χ0n) is 10.8. The Morgan fingerprint density at radius 1 is 1.35 bits per heavy atom. The molecule has 1 aliphatic rings. The van der Waals surface area contributed by atoms with Gasteiger partial charge in [-0.3, -0.25) is 0 Å². The van der Waals surface area contributed by atoms with Crippen LogP contribution in [-0.2, 0) is 0 Å². The van der Waals surface area contributed by atoms with Crippen molar-refractivity contribution < 1.29 is 0 Å². The van der Waals surface area contributed by atoms with Crippen LogP contribution in [0.4, 0.5) is 11.8 Å². The molecule has 0 saturated carbocycles. The van der Waals surface area contributed by atoms with Crippen molar-refractivity contribution in [2.45, 2.75) is 52.1 Å². The first-order valence-corrected chi connectivity index (χ1v) is 6.22. The monoisotopic (exact) mass is 235 g/mol. The number of piperidine rings is 1. The molecule has 94 valence electrons. The molecule has 0 aromatic carbocycles. The van der Waals surface area contributed by atoms with Gasteiger partial charge in [0.1, 0.15) is 5.82 Å². The Kier molecular flexibility index (Phi) is 3.47. The first kappa shape index (κ1) is 12.1. The minimum Gasteiger partial charge on any atom is -0.368 e.